The molecule has 0 fully saturated rings. The summed E-state index contributed by atoms with van der Waals surface area (Å²) >= 11 is 8.22. The molecule has 0 aromatic heterocycles. The van der Waals surface area contributed by atoms with Crippen LogP contribution in [0.15, 0.2) is 0 Å². The lowest BCUT2D eigenvalue weighted by atomic mass is 10.0. The maximum absolute atomic E-state index is 4.86. The van der Waals surface area contributed by atoms with Crippen LogP contribution in [0.4, 0.5) is 0 Å². The summed E-state index contributed by atoms with van der Waals surface area (Å²) in [7, 11) is 0. The van der Waals surface area contributed by atoms with Crippen molar-refractivity contribution in [1.82, 2.24) is 0 Å². The van der Waals surface area contributed by atoms with Crippen LogP contribution in [0.2, 0.25) is 0 Å². The minimum absolute atomic E-state index is 0.315. The molecule has 0 atom stereocenters. The molecule has 1 radical (unpaired) electrons. The third-order valence-electron chi connectivity index (χ3n) is 0.752. The van der Waals surface area contributed by atoms with Gasteiger partial charge in [0.25, 0.3) is 0 Å². The van der Waals surface area contributed by atoms with Gasteiger partial charge in [0.1, 0.15) is 0 Å². The summed E-state index contributed by atoms with van der Waals surface area (Å²) in [5.74, 6) is 0.832. The van der Waals surface area contributed by atoms with Crippen molar-refractivity contribution in [1.29, 1.82) is 0 Å². The number of hydrogen-bond donors (Lipinski definition) is 0. The summed E-state index contributed by atoms with van der Waals surface area (Å²) in [5, 5.41) is 1.00. The Labute approximate surface area is 59.2 Å². The second-order valence-electron chi connectivity index (χ2n) is 2.44. The highest BCUT2D eigenvalue weighted by atomic mass is 79.9. The molecule has 0 saturated carbocycles. The van der Waals surface area contributed by atoms with Gasteiger partial charge in [0.05, 0.1) is 0 Å². The summed E-state index contributed by atoms with van der Waals surface area (Å²) in [6, 6.07) is 0. The molecular weight excluding hydrogens is 172 g/mol. The SMILES string of the molecule is CC(C)(C[S])CBr. The van der Waals surface area contributed by atoms with E-state index in [-0.39, 0.29) is 0 Å². The van der Waals surface area contributed by atoms with Crippen LogP contribution in [-0.2, 0) is 0 Å². The Balaban J connectivity index is 3.36. The normalized spacial score (nSPS) is 12.0. The fraction of sp³-hybridized carbons (Fsp3) is 1.00. The lowest BCUT2D eigenvalue weighted by Gasteiger charge is -2.16. The van der Waals surface area contributed by atoms with Crippen molar-refractivity contribution in [2.45, 2.75) is 13.8 Å². The molecule has 0 unspecified atom stereocenters. The number of hydrogen-bond acceptors (Lipinski definition) is 0. The van der Waals surface area contributed by atoms with Crippen molar-refractivity contribution in [2.24, 2.45) is 5.41 Å². The molecule has 0 aliphatic rings. The molecule has 43 valence electrons. The van der Waals surface area contributed by atoms with Crippen LogP contribution in [-0.4, -0.2) is 11.1 Å². The lowest BCUT2D eigenvalue weighted by molar-refractivity contribution is 0.498. The first kappa shape index (κ1) is 7.83. The van der Waals surface area contributed by atoms with E-state index in [2.05, 4.69) is 29.8 Å². The number of alkyl halides is 1. The summed E-state index contributed by atoms with van der Waals surface area (Å²) < 4.78 is 0. The van der Waals surface area contributed by atoms with Crippen LogP contribution < -0.4 is 0 Å². The van der Waals surface area contributed by atoms with Crippen LogP contribution in [0.25, 0.3) is 0 Å². The van der Waals surface area contributed by atoms with E-state index in [1.54, 1.807) is 0 Å². The predicted molar refractivity (Wildman–Crippen MR) is 40.0 cm³/mol. The molecule has 7 heavy (non-hydrogen) atoms. The summed E-state index contributed by atoms with van der Waals surface area (Å²) in [4.78, 5) is 0. The van der Waals surface area contributed by atoms with Gasteiger partial charge in [-0.3, -0.25) is 0 Å². The zero-order valence-corrected chi connectivity index (χ0v) is 7.10. The van der Waals surface area contributed by atoms with Gasteiger partial charge < -0.3 is 0 Å². The van der Waals surface area contributed by atoms with E-state index in [1.807, 2.05) is 0 Å². The predicted octanol–water partition coefficient (Wildman–Crippen LogP) is 2.61. The van der Waals surface area contributed by atoms with Gasteiger partial charge in [0.15, 0.2) is 0 Å². The van der Waals surface area contributed by atoms with Crippen LogP contribution in [0.1, 0.15) is 13.8 Å². The van der Waals surface area contributed by atoms with Crippen molar-refractivity contribution in [3.63, 3.8) is 0 Å². The standard InChI is InChI=1S/C5H10BrS/c1-5(2,3-6)4-7/h3-4H2,1-2H3. The van der Waals surface area contributed by atoms with Gasteiger partial charge in [-0.25, -0.2) is 0 Å². The van der Waals surface area contributed by atoms with Crippen molar-refractivity contribution in [2.75, 3.05) is 11.1 Å². The van der Waals surface area contributed by atoms with Crippen molar-refractivity contribution in [3.8, 4) is 0 Å². The Morgan fingerprint density at radius 2 is 2.00 bits per heavy atom. The van der Waals surface area contributed by atoms with E-state index < -0.39 is 0 Å². The van der Waals surface area contributed by atoms with E-state index in [4.69, 9.17) is 12.6 Å². The first-order valence-electron chi connectivity index (χ1n) is 2.26. The van der Waals surface area contributed by atoms with Crippen LogP contribution in [0.3, 0.4) is 0 Å². The van der Waals surface area contributed by atoms with Gasteiger partial charge >= 0.3 is 0 Å². The topological polar surface area (TPSA) is 0 Å². The Kier molecular flexibility index (Phi) is 3.33. The van der Waals surface area contributed by atoms with Crippen molar-refractivity contribution < 1.29 is 0 Å². The van der Waals surface area contributed by atoms with Gasteiger partial charge in [-0.2, -0.15) is 0 Å². The molecule has 0 heterocycles. The smallest absolute Gasteiger partial charge is 0.00963 e. The van der Waals surface area contributed by atoms with E-state index in [0.29, 0.717) is 5.41 Å². The Morgan fingerprint density at radius 3 is 2.00 bits per heavy atom. The summed E-state index contributed by atoms with van der Waals surface area (Å²) in [5.41, 5.74) is 0.315. The highest BCUT2D eigenvalue weighted by molar-refractivity contribution is 9.09. The molecule has 0 nitrogen and oxygen atoms in total. The lowest BCUT2D eigenvalue weighted by Crippen LogP contribution is -2.14. The highest BCUT2D eigenvalue weighted by Crippen LogP contribution is 2.18. The van der Waals surface area contributed by atoms with Gasteiger partial charge in [0.2, 0.25) is 0 Å². The molecule has 0 aliphatic heterocycles. The first-order valence-corrected chi connectivity index (χ1v) is 3.96. The first-order chi connectivity index (χ1) is 3.12. The Morgan fingerprint density at radius 1 is 1.57 bits per heavy atom. The van der Waals surface area contributed by atoms with Gasteiger partial charge in [0, 0.05) is 11.1 Å². The molecule has 0 bridgehead atoms. The molecule has 0 rings (SSSR count). The third-order valence-corrected chi connectivity index (χ3v) is 3.05. The van der Waals surface area contributed by atoms with Gasteiger partial charge in [-0.1, -0.05) is 42.4 Å². The summed E-state index contributed by atoms with van der Waals surface area (Å²) in [6.45, 7) is 4.30. The molecule has 0 N–H and O–H groups in total. The molecule has 0 spiro atoms. The molecule has 0 amide bonds. The van der Waals surface area contributed by atoms with Gasteiger partial charge in [-0.05, 0) is 5.41 Å². The molecule has 0 aromatic carbocycles. The molecular formula is C5H10BrS. The maximum Gasteiger partial charge on any atom is 0.00963 e. The van der Waals surface area contributed by atoms with Crippen LogP contribution >= 0.6 is 28.6 Å². The van der Waals surface area contributed by atoms with E-state index >= 15 is 0 Å². The molecule has 0 aliphatic carbocycles. The van der Waals surface area contributed by atoms with E-state index in [1.165, 1.54) is 0 Å². The Hall–Kier alpha value is 0.830. The monoisotopic (exact) mass is 181 g/mol. The maximum atomic E-state index is 4.86. The van der Waals surface area contributed by atoms with Crippen molar-refractivity contribution >= 4 is 28.6 Å². The van der Waals surface area contributed by atoms with Crippen molar-refractivity contribution in [3.05, 3.63) is 0 Å². The fourth-order valence-corrected chi connectivity index (χ4v) is 0.601. The third kappa shape index (κ3) is 3.42. The second-order valence-corrected chi connectivity index (χ2v) is 3.29. The number of rotatable bonds is 2. The zero-order valence-electron chi connectivity index (χ0n) is 4.70. The second kappa shape index (κ2) is 2.98. The number of halogens is 1. The van der Waals surface area contributed by atoms with Crippen LogP contribution in [0, 0.1) is 5.41 Å². The average molecular weight is 182 g/mol. The summed E-state index contributed by atoms with van der Waals surface area (Å²) in [6.07, 6.45) is 0. The Bertz CT molecular complexity index is 46.0. The van der Waals surface area contributed by atoms with Gasteiger partial charge in [-0.15, -0.1) is 0 Å². The minimum atomic E-state index is 0.315. The van der Waals surface area contributed by atoms with E-state index in [0.717, 1.165) is 11.1 Å². The minimum Gasteiger partial charge on any atom is -0.0935 e. The largest absolute Gasteiger partial charge is 0.0935 e. The van der Waals surface area contributed by atoms with Crippen LogP contribution in [0.5, 0.6) is 0 Å². The molecule has 2 heteroatoms. The quantitative estimate of drug-likeness (QED) is 0.576. The fourth-order valence-electron chi connectivity index (χ4n) is 0.0386. The zero-order chi connectivity index (χ0) is 5.91. The highest BCUT2D eigenvalue weighted by Gasteiger charge is 2.12. The van der Waals surface area contributed by atoms with E-state index in [9.17, 15) is 0 Å². The molecule has 0 aromatic rings. The average Bonchev–Trinajstić information content (AvgIpc) is 1.68. The molecule has 0 saturated heterocycles.